The number of ketones is 1. The lowest BCUT2D eigenvalue weighted by Gasteiger charge is -2.38. The van der Waals surface area contributed by atoms with Crippen LogP contribution in [0.1, 0.15) is 51.4 Å². The highest BCUT2D eigenvalue weighted by atomic mass is 16.1. The van der Waals surface area contributed by atoms with Crippen molar-refractivity contribution in [2.75, 3.05) is 0 Å². The van der Waals surface area contributed by atoms with E-state index in [1.165, 1.54) is 38.5 Å². The van der Waals surface area contributed by atoms with Crippen LogP contribution in [0, 0.1) is 11.8 Å². The second-order valence-electron chi connectivity index (χ2n) is 5.12. The van der Waals surface area contributed by atoms with E-state index in [0.29, 0.717) is 17.6 Å². The van der Waals surface area contributed by atoms with E-state index in [0.717, 1.165) is 12.8 Å². The van der Waals surface area contributed by atoms with Crippen molar-refractivity contribution in [1.29, 1.82) is 0 Å². The van der Waals surface area contributed by atoms with E-state index < -0.39 is 0 Å². The first-order valence-corrected chi connectivity index (χ1v) is 6.11. The summed E-state index contributed by atoms with van der Waals surface area (Å²) < 4.78 is 0. The fourth-order valence-corrected chi connectivity index (χ4v) is 3.63. The van der Waals surface area contributed by atoms with Crippen LogP contribution in [0.5, 0.6) is 0 Å². The Morgan fingerprint density at radius 3 is 2.79 bits per heavy atom. The molecule has 2 atom stereocenters. The van der Waals surface area contributed by atoms with Crippen molar-refractivity contribution in [3.63, 3.8) is 0 Å². The van der Waals surface area contributed by atoms with E-state index in [4.69, 9.17) is 0 Å². The fourth-order valence-electron chi connectivity index (χ4n) is 3.63. The zero-order valence-corrected chi connectivity index (χ0v) is 8.72. The molecule has 76 valence electrons. The van der Waals surface area contributed by atoms with Crippen LogP contribution >= 0.6 is 0 Å². The SMILES string of the molecule is O=C1[C@H]2CCC[C@H]1C1=C(CCCC1)C2. The van der Waals surface area contributed by atoms with Crippen LogP contribution in [-0.4, -0.2) is 5.78 Å². The maximum atomic E-state index is 12.0. The van der Waals surface area contributed by atoms with E-state index in [9.17, 15) is 4.79 Å². The highest BCUT2D eigenvalue weighted by Crippen LogP contribution is 2.45. The Kier molecular flexibility index (Phi) is 2.00. The molecule has 0 aromatic rings. The Bertz CT molecular complexity index is 300. The van der Waals surface area contributed by atoms with Crippen molar-refractivity contribution in [2.45, 2.75) is 51.4 Å². The lowest BCUT2D eigenvalue weighted by atomic mass is 9.65. The number of carbonyl (C=O) groups is 1. The normalized spacial score (nSPS) is 37.0. The van der Waals surface area contributed by atoms with Gasteiger partial charge in [-0.15, -0.1) is 0 Å². The second-order valence-corrected chi connectivity index (χ2v) is 5.12. The molecular formula is C13H18O. The molecule has 1 heteroatoms. The van der Waals surface area contributed by atoms with Crippen LogP contribution in [0.2, 0.25) is 0 Å². The van der Waals surface area contributed by atoms with Crippen molar-refractivity contribution in [3.05, 3.63) is 11.1 Å². The number of Topliss-reactive ketones (excluding diaryl/α,β-unsaturated/α-hetero) is 1. The molecule has 0 saturated heterocycles. The minimum atomic E-state index is 0.373. The molecule has 1 fully saturated rings. The number of carbonyl (C=O) groups excluding carboxylic acids is 1. The Balaban J connectivity index is 1.99. The van der Waals surface area contributed by atoms with Crippen LogP contribution in [0.15, 0.2) is 11.1 Å². The summed E-state index contributed by atoms with van der Waals surface area (Å²) in [6, 6.07) is 0. The molecule has 3 aliphatic carbocycles. The van der Waals surface area contributed by atoms with Crippen LogP contribution < -0.4 is 0 Å². The molecule has 0 heterocycles. The zero-order chi connectivity index (χ0) is 9.54. The molecular weight excluding hydrogens is 172 g/mol. The van der Waals surface area contributed by atoms with Gasteiger partial charge in [-0.3, -0.25) is 4.79 Å². The Morgan fingerprint density at radius 1 is 1.00 bits per heavy atom. The number of allylic oxidation sites excluding steroid dienone is 2. The molecule has 0 radical (unpaired) electrons. The van der Waals surface area contributed by atoms with Gasteiger partial charge in [0.25, 0.3) is 0 Å². The van der Waals surface area contributed by atoms with Crippen LogP contribution in [-0.2, 0) is 4.79 Å². The highest BCUT2D eigenvalue weighted by molar-refractivity contribution is 5.88. The molecule has 0 N–H and O–H groups in total. The third kappa shape index (κ3) is 1.18. The first-order chi connectivity index (χ1) is 6.86. The van der Waals surface area contributed by atoms with Crippen molar-refractivity contribution in [1.82, 2.24) is 0 Å². The minimum Gasteiger partial charge on any atom is -0.299 e. The molecule has 0 unspecified atom stereocenters. The van der Waals surface area contributed by atoms with Crippen molar-refractivity contribution < 1.29 is 4.79 Å². The van der Waals surface area contributed by atoms with Gasteiger partial charge in [-0.2, -0.15) is 0 Å². The molecule has 3 aliphatic rings. The van der Waals surface area contributed by atoms with Gasteiger partial charge in [0.1, 0.15) is 5.78 Å². The maximum Gasteiger partial charge on any atom is 0.143 e. The number of rotatable bonds is 0. The molecule has 0 spiro atoms. The summed E-state index contributed by atoms with van der Waals surface area (Å²) in [6.45, 7) is 0. The third-order valence-electron chi connectivity index (χ3n) is 4.33. The van der Waals surface area contributed by atoms with Gasteiger partial charge in [-0.25, -0.2) is 0 Å². The van der Waals surface area contributed by atoms with Gasteiger partial charge in [-0.1, -0.05) is 17.6 Å². The predicted molar refractivity (Wildman–Crippen MR) is 55.9 cm³/mol. The quantitative estimate of drug-likeness (QED) is 0.536. The number of fused-ring (bicyclic) bond motifs is 3. The monoisotopic (exact) mass is 190 g/mol. The maximum absolute atomic E-state index is 12.0. The van der Waals surface area contributed by atoms with Gasteiger partial charge in [0.15, 0.2) is 0 Å². The Labute approximate surface area is 85.6 Å². The second kappa shape index (κ2) is 3.22. The van der Waals surface area contributed by atoms with Crippen molar-refractivity contribution in [2.24, 2.45) is 11.8 Å². The highest BCUT2D eigenvalue weighted by Gasteiger charge is 2.39. The lowest BCUT2D eigenvalue weighted by Crippen LogP contribution is -2.35. The molecule has 14 heavy (non-hydrogen) atoms. The van der Waals surface area contributed by atoms with E-state index in [1.54, 1.807) is 11.1 Å². The van der Waals surface area contributed by atoms with Gasteiger partial charge in [0, 0.05) is 11.8 Å². The van der Waals surface area contributed by atoms with E-state index >= 15 is 0 Å². The molecule has 2 bridgehead atoms. The van der Waals surface area contributed by atoms with Crippen molar-refractivity contribution in [3.8, 4) is 0 Å². The summed E-state index contributed by atoms with van der Waals surface area (Å²) >= 11 is 0. The number of hydrogen-bond acceptors (Lipinski definition) is 1. The van der Waals surface area contributed by atoms with E-state index in [1.807, 2.05) is 0 Å². The molecule has 0 aromatic carbocycles. The first kappa shape index (κ1) is 8.70. The summed E-state index contributed by atoms with van der Waals surface area (Å²) in [4.78, 5) is 12.0. The summed E-state index contributed by atoms with van der Waals surface area (Å²) in [7, 11) is 0. The van der Waals surface area contributed by atoms with E-state index in [-0.39, 0.29) is 0 Å². The van der Waals surface area contributed by atoms with Crippen molar-refractivity contribution >= 4 is 5.78 Å². The summed E-state index contributed by atoms with van der Waals surface area (Å²) in [6.07, 6.45) is 9.98. The molecule has 3 rings (SSSR count). The Hall–Kier alpha value is -0.590. The van der Waals surface area contributed by atoms with Gasteiger partial charge < -0.3 is 0 Å². The molecule has 0 aliphatic heterocycles. The molecule has 1 saturated carbocycles. The summed E-state index contributed by atoms with van der Waals surface area (Å²) in [5.41, 5.74) is 3.27. The molecule has 0 amide bonds. The lowest BCUT2D eigenvalue weighted by molar-refractivity contribution is -0.128. The minimum absolute atomic E-state index is 0.373. The third-order valence-corrected chi connectivity index (χ3v) is 4.33. The molecule has 1 nitrogen and oxygen atoms in total. The smallest absolute Gasteiger partial charge is 0.143 e. The van der Waals surface area contributed by atoms with Crippen LogP contribution in [0.4, 0.5) is 0 Å². The standard InChI is InChI=1S/C13H18O/c14-13-10-5-3-7-12(13)11-6-2-1-4-9(11)8-10/h10,12H,1-8H2/t10-,12-/m0/s1. The zero-order valence-electron chi connectivity index (χ0n) is 8.72. The van der Waals surface area contributed by atoms with Crippen LogP contribution in [0.25, 0.3) is 0 Å². The summed E-state index contributed by atoms with van der Waals surface area (Å²) in [5, 5.41) is 0. The first-order valence-electron chi connectivity index (χ1n) is 6.11. The van der Waals surface area contributed by atoms with Crippen LogP contribution in [0.3, 0.4) is 0 Å². The topological polar surface area (TPSA) is 17.1 Å². The van der Waals surface area contributed by atoms with Gasteiger partial charge in [0.05, 0.1) is 0 Å². The Morgan fingerprint density at radius 2 is 1.86 bits per heavy atom. The van der Waals surface area contributed by atoms with E-state index in [2.05, 4.69) is 0 Å². The average Bonchev–Trinajstić information content (AvgIpc) is 2.18. The van der Waals surface area contributed by atoms with Gasteiger partial charge in [-0.05, 0) is 44.9 Å². The fraction of sp³-hybridized carbons (Fsp3) is 0.769. The largest absolute Gasteiger partial charge is 0.299 e. The van der Waals surface area contributed by atoms with Gasteiger partial charge in [0.2, 0.25) is 0 Å². The average molecular weight is 190 g/mol. The summed E-state index contributed by atoms with van der Waals surface area (Å²) in [5.74, 6) is 1.39. The predicted octanol–water partition coefficient (Wildman–Crippen LogP) is 3.25. The van der Waals surface area contributed by atoms with Gasteiger partial charge >= 0.3 is 0 Å². The number of hydrogen-bond donors (Lipinski definition) is 0. The molecule has 0 aromatic heterocycles.